The Bertz CT molecular complexity index is 1100. The zero-order valence-electron chi connectivity index (χ0n) is 18.2. The van der Waals surface area contributed by atoms with E-state index in [0.717, 1.165) is 23.1 Å². The molecule has 1 atom stereocenters. The highest BCUT2D eigenvalue weighted by atomic mass is 16.5. The van der Waals surface area contributed by atoms with Crippen LogP contribution in [0.4, 0.5) is 5.69 Å². The van der Waals surface area contributed by atoms with Crippen LogP contribution in [0.1, 0.15) is 30.0 Å². The number of carbonyl (C=O) groups is 2. The van der Waals surface area contributed by atoms with Crippen molar-refractivity contribution in [2.24, 2.45) is 4.99 Å². The Morgan fingerprint density at radius 1 is 1.22 bits per heavy atom. The van der Waals surface area contributed by atoms with Gasteiger partial charge in [-0.1, -0.05) is 36.4 Å². The van der Waals surface area contributed by atoms with Crippen molar-refractivity contribution in [2.75, 3.05) is 18.5 Å². The van der Waals surface area contributed by atoms with Gasteiger partial charge < -0.3 is 20.4 Å². The Balaban J connectivity index is 1.44. The minimum atomic E-state index is -1.96. The summed E-state index contributed by atoms with van der Waals surface area (Å²) in [5, 5.41) is 22.6. The van der Waals surface area contributed by atoms with Crippen LogP contribution in [0.3, 0.4) is 0 Å². The summed E-state index contributed by atoms with van der Waals surface area (Å²) < 4.78 is 0. The number of amides is 2. The Kier molecular flexibility index (Phi) is 5.95. The number of benzene rings is 2. The third-order valence-electron chi connectivity index (χ3n) is 5.92. The largest absolute Gasteiger partial charge is 0.362 e. The van der Waals surface area contributed by atoms with Crippen LogP contribution in [0, 0.1) is 0 Å². The van der Waals surface area contributed by atoms with Crippen LogP contribution in [0.25, 0.3) is 0 Å². The van der Waals surface area contributed by atoms with Gasteiger partial charge in [-0.25, -0.2) is 0 Å². The van der Waals surface area contributed by atoms with E-state index in [2.05, 4.69) is 10.3 Å². The fraction of sp³-hybridized carbons (Fsp3) is 0.320. The third kappa shape index (κ3) is 4.64. The lowest BCUT2D eigenvalue weighted by Gasteiger charge is -2.23. The lowest BCUT2D eigenvalue weighted by molar-refractivity contribution is -0.152. The van der Waals surface area contributed by atoms with Crippen molar-refractivity contribution in [1.82, 2.24) is 5.32 Å². The van der Waals surface area contributed by atoms with Crippen molar-refractivity contribution >= 4 is 23.2 Å². The Morgan fingerprint density at radius 2 is 1.97 bits per heavy atom. The molecule has 166 valence electrons. The van der Waals surface area contributed by atoms with Crippen molar-refractivity contribution in [3.8, 4) is 0 Å². The molecule has 0 fully saturated rings. The van der Waals surface area contributed by atoms with Crippen LogP contribution < -0.4 is 10.2 Å². The van der Waals surface area contributed by atoms with Gasteiger partial charge in [-0.2, -0.15) is 0 Å². The van der Waals surface area contributed by atoms with E-state index in [0.29, 0.717) is 36.3 Å². The molecule has 0 aromatic heterocycles. The molecule has 2 aliphatic rings. The van der Waals surface area contributed by atoms with Gasteiger partial charge in [-0.15, -0.1) is 0 Å². The Morgan fingerprint density at radius 3 is 2.69 bits per heavy atom. The Hall–Kier alpha value is -3.29. The van der Waals surface area contributed by atoms with Gasteiger partial charge in [0.2, 0.25) is 5.91 Å². The molecule has 3 N–H and O–H groups in total. The zero-order valence-corrected chi connectivity index (χ0v) is 18.2. The molecule has 0 bridgehead atoms. The molecular weight excluding hydrogens is 406 g/mol. The van der Waals surface area contributed by atoms with E-state index >= 15 is 0 Å². The van der Waals surface area contributed by atoms with Crippen molar-refractivity contribution in [3.05, 3.63) is 76.9 Å². The van der Waals surface area contributed by atoms with Crippen LogP contribution in [-0.4, -0.2) is 47.4 Å². The van der Waals surface area contributed by atoms with Gasteiger partial charge >= 0.3 is 0 Å². The number of hydrogen-bond donors (Lipinski definition) is 3. The predicted octanol–water partition coefficient (Wildman–Crippen LogP) is 1.86. The molecule has 0 spiro atoms. The monoisotopic (exact) mass is 433 g/mol. The van der Waals surface area contributed by atoms with Crippen LogP contribution in [0.15, 0.2) is 65.2 Å². The van der Waals surface area contributed by atoms with E-state index < -0.39 is 11.8 Å². The molecule has 0 aliphatic carbocycles. The Labute approximate surface area is 187 Å². The van der Waals surface area contributed by atoms with Crippen LogP contribution in [-0.2, 0) is 28.2 Å². The number of aryl methyl sites for hydroxylation is 1. The number of nitrogens with one attached hydrogen (secondary N) is 1. The summed E-state index contributed by atoms with van der Waals surface area (Å²) in [5.74, 6) is -2.53. The van der Waals surface area contributed by atoms with Gasteiger partial charge in [0, 0.05) is 18.3 Å². The number of anilines is 1. The van der Waals surface area contributed by atoms with Gasteiger partial charge in [-0.05, 0) is 61.1 Å². The summed E-state index contributed by atoms with van der Waals surface area (Å²) in [4.78, 5) is 31.7. The lowest BCUT2D eigenvalue weighted by atomic mass is 9.99. The second-order valence-corrected chi connectivity index (χ2v) is 8.49. The molecule has 1 unspecified atom stereocenters. The number of aliphatic hydroxyl groups is 2. The molecular formula is C25H27N3O4. The maximum Gasteiger partial charge on any atom is 0.270 e. The van der Waals surface area contributed by atoms with E-state index in [1.165, 1.54) is 11.8 Å². The highest BCUT2D eigenvalue weighted by molar-refractivity contribution is 6.44. The number of likely N-dealkylation sites (N-methyl/N-ethyl adjacent to an activating group) is 1. The first-order chi connectivity index (χ1) is 15.2. The molecule has 2 heterocycles. The normalized spacial score (nSPS) is 18.6. The van der Waals surface area contributed by atoms with E-state index in [1.54, 1.807) is 31.3 Å². The van der Waals surface area contributed by atoms with Gasteiger partial charge in [0.15, 0.2) is 5.79 Å². The fourth-order valence-electron chi connectivity index (χ4n) is 4.12. The number of carbonyl (C=O) groups excluding carboxylic acids is 2. The molecule has 2 amide bonds. The molecule has 2 aromatic carbocycles. The van der Waals surface area contributed by atoms with Crippen molar-refractivity contribution in [3.63, 3.8) is 0 Å². The summed E-state index contributed by atoms with van der Waals surface area (Å²) >= 11 is 0. The molecule has 0 saturated heterocycles. The van der Waals surface area contributed by atoms with E-state index in [9.17, 15) is 19.8 Å². The first-order valence-electron chi connectivity index (χ1n) is 10.7. The van der Waals surface area contributed by atoms with Crippen LogP contribution in [0.5, 0.6) is 0 Å². The average Bonchev–Trinajstić information content (AvgIpc) is 3.20. The minimum Gasteiger partial charge on any atom is -0.362 e. The number of fused-ring (bicyclic) bond motifs is 1. The summed E-state index contributed by atoms with van der Waals surface area (Å²) in [7, 11) is 1.66. The van der Waals surface area contributed by atoms with Crippen LogP contribution >= 0.6 is 0 Å². The van der Waals surface area contributed by atoms with E-state index in [4.69, 9.17) is 0 Å². The number of hydrogen-bond acceptors (Lipinski definition) is 5. The van der Waals surface area contributed by atoms with E-state index in [-0.39, 0.29) is 11.8 Å². The van der Waals surface area contributed by atoms with Crippen molar-refractivity contribution < 1.29 is 19.8 Å². The molecule has 4 rings (SSSR count). The summed E-state index contributed by atoms with van der Waals surface area (Å²) in [6, 6.07) is 14.3. The molecule has 2 aromatic rings. The smallest absolute Gasteiger partial charge is 0.270 e. The zero-order chi connectivity index (χ0) is 22.9. The molecule has 7 nitrogen and oxygen atoms in total. The van der Waals surface area contributed by atoms with Crippen LogP contribution in [0.2, 0.25) is 0 Å². The summed E-state index contributed by atoms with van der Waals surface area (Å²) in [6.07, 6.45) is 3.46. The molecule has 0 saturated carbocycles. The van der Waals surface area contributed by atoms with Crippen molar-refractivity contribution in [2.45, 2.75) is 38.0 Å². The SMILES string of the molecule is CN1C(=O)C(NC(=O)C2=NCC(Cc3ccccc3)=C2)CCc2cc(C(C)(O)O)ccc21. The molecule has 7 heteroatoms. The summed E-state index contributed by atoms with van der Waals surface area (Å²) in [6.45, 7) is 1.77. The highest BCUT2D eigenvalue weighted by Gasteiger charge is 2.31. The van der Waals surface area contributed by atoms with Gasteiger partial charge in [-0.3, -0.25) is 14.6 Å². The van der Waals surface area contributed by atoms with Gasteiger partial charge in [0.05, 0.1) is 6.54 Å². The topological polar surface area (TPSA) is 102 Å². The third-order valence-corrected chi connectivity index (χ3v) is 5.92. The number of nitrogens with zero attached hydrogens (tertiary/aromatic N) is 2. The van der Waals surface area contributed by atoms with Gasteiger partial charge in [0.1, 0.15) is 11.8 Å². The minimum absolute atomic E-state index is 0.215. The maximum absolute atomic E-state index is 13.0. The standard InChI is InChI=1S/C25H27N3O4/c1-25(31,32)19-9-11-22-18(14-19)8-10-20(24(30)28(22)2)27-23(29)21-13-17(15-26-21)12-16-6-4-3-5-7-16/h3-7,9,11,13-14,20,31-32H,8,10,12,15H2,1-2H3,(H,27,29). The first kappa shape index (κ1) is 21.9. The number of aliphatic imine (C=N–C) groups is 1. The lowest BCUT2D eigenvalue weighted by Crippen LogP contribution is -2.48. The fourth-order valence-corrected chi connectivity index (χ4v) is 4.12. The predicted molar refractivity (Wildman–Crippen MR) is 122 cm³/mol. The molecule has 0 radical (unpaired) electrons. The van der Waals surface area contributed by atoms with Crippen molar-refractivity contribution in [1.29, 1.82) is 0 Å². The second kappa shape index (κ2) is 8.68. The van der Waals surface area contributed by atoms with E-state index in [1.807, 2.05) is 30.3 Å². The highest BCUT2D eigenvalue weighted by Crippen LogP contribution is 2.30. The second-order valence-electron chi connectivity index (χ2n) is 8.49. The summed E-state index contributed by atoms with van der Waals surface area (Å²) in [5.41, 5.74) is 4.44. The molecule has 2 aliphatic heterocycles. The average molecular weight is 434 g/mol. The maximum atomic E-state index is 13.0. The number of rotatable bonds is 5. The van der Waals surface area contributed by atoms with Gasteiger partial charge in [0.25, 0.3) is 5.91 Å². The first-order valence-corrected chi connectivity index (χ1v) is 10.7. The quantitative estimate of drug-likeness (QED) is 0.627. The molecule has 32 heavy (non-hydrogen) atoms.